The van der Waals surface area contributed by atoms with Crippen LogP contribution in [-0.4, -0.2) is 16.8 Å². The molecule has 6 heteroatoms. The van der Waals surface area contributed by atoms with Crippen molar-refractivity contribution in [1.82, 2.24) is 0 Å². The fourth-order valence-electron chi connectivity index (χ4n) is 4.06. The van der Waals surface area contributed by atoms with E-state index in [1.807, 2.05) is 36.4 Å². The molecular formula is C26H18BrNO4. The normalized spacial score (nSPS) is 17.9. The molecule has 2 heterocycles. The lowest BCUT2D eigenvalue weighted by Gasteiger charge is -2.23. The molecule has 1 atom stereocenters. The van der Waals surface area contributed by atoms with Gasteiger partial charge in [0.05, 0.1) is 5.57 Å². The molecule has 158 valence electrons. The number of anilines is 1. The number of carbonyl (C=O) groups is 2. The Kier molecular flexibility index (Phi) is 4.94. The van der Waals surface area contributed by atoms with Gasteiger partial charge in [-0.25, -0.2) is 0 Å². The summed E-state index contributed by atoms with van der Waals surface area (Å²) in [5, 5.41) is 13.2. The largest absolute Gasteiger partial charge is 0.507 e. The third kappa shape index (κ3) is 3.33. The maximum atomic E-state index is 13.2. The lowest BCUT2D eigenvalue weighted by molar-refractivity contribution is -0.132. The van der Waals surface area contributed by atoms with Gasteiger partial charge in [0.2, 0.25) is 0 Å². The first-order valence-electron chi connectivity index (χ1n) is 10.1. The summed E-state index contributed by atoms with van der Waals surface area (Å²) in [4.78, 5) is 27.7. The first-order valence-corrected chi connectivity index (χ1v) is 10.9. The second kappa shape index (κ2) is 7.80. The van der Waals surface area contributed by atoms with Crippen LogP contribution in [0.25, 0.3) is 16.5 Å². The van der Waals surface area contributed by atoms with Gasteiger partial charge in [0, 0.05) is 15.7 Å². The molecule has 1 fully saturated rings. The quantitative estimate of drug-likeness (QED) is 0.214. The zero-order chi connectivity index (χ0) is 22.4. The van der Waals surface area contributed by atoms with Crippen molar-refractivity contribution in [2.45, 2.75) is 13.0 Å². The predicted octanol–water partition coefficient (Wildman–Crippen LogP) is 6.13. The van der Waals surface area contributed by atoms with E-state index >= 15 is 0 Å². The number of aliphatic hydroxyl groups is 1. The van der Waals surface area contributed by atoms with E-state index in [0.717, 1.165) is 15.2 Å². The monoisotopic (exact) mass is 487 g/mol. The van der Waals surface area contributed by atoms with Crippen molar-refractivity contribution in [3.63, 3.8) is 0 Å². The number of hydrogen-bond acceptors (Lipinski definition) is 4. The van der Waals surface area contributed by atoms with Gasteiger partial charge in [-0.05, 0) is 60.2 Å². The number of fused-ring (bicyclic) bond motifs is 1. The Morgan fingerprint density at radius 1 is 0.938 bits per heavy atom. The van der Waals surface area contributed by atoms with Crippen LogP contribution >= 0.6 is 15.9 Å². The Hall–Kier alpha value is -3.64. The number of carbonyl (C=O) groups excluding carboxylic acids is 2. The van der Waals surface area contributed by atoms with Gasteiger partial charge < -0.3 is 9.52 Å². The van der Waals surface area contributed by atoms with Gasteiger partial charge in [-0.1, -0.05) is 52.3 Å². The molecule has 5 rings (SSSR count). The molecule has 1 amide bonds. The number of aryl methyl sites for hydroxylation is 1. The highest BCUT2D eigenvalue weighted by molar-refractivity contribution is 9.10. The lowest BCUT2D eigenvalue weighted by Crippen LogP contribution is -2.29. The van der Waals surface area contributed by atoms with Crippen LogP contribution in [-0.2, 0) is 9.59 Å². The number of aliphatic hydroxyl groups excluding tert-OH is 1. The van der Waals surface area contributed by atoms with Crippen molar-refractivity contribution in [3.8, 4) is 0 Å². The maximum absolute atomic E-state index is 13.2. The van der Waals surface area contributed by atoms with Crippen LogP contribution in [0.15, 0.2) is 93.3 Å². The number of furan rings is 1. The number of rotatable bonds is 3. The molecule has 0 aliphatic carbocycles. The third-order valence-electron chi connectivity index (χ3n) is 5.60. The molecule has 0 spiro atoms. The molecule has 32 heavy (non-hydrogen) atoms. The summed E-state index contributed by atoms with van der Waals surface area (Å²) in [6.07, 6.45) is 0. The molecule has 1 unspecified atom stereocenters. The Labute approximate surface area is 192 Å². The van der Waals surface area contributed by atoms with Gasteiger partial charge in [0.25, 0.3) is 11.7 Å². The number of halogens is 1. The first-order chi connectivity index (χ1) is 15.4. The molecule has 0 radical (unpaired) electrons. The zero-order valence-corrected chi connectivity index (χ0v) is 18.7. The second-order valence-corrected chi connectivity index (χ2v) is 8.57. The molecule has 1 N–H and O–H groups in total. The Bertz CT molecular complexity index is 1400. The standard InChI is InChI=1S/C26H18BrNO4/c1-15-6-13-21(32-15)23-22(24(29)18-8-7-16-4-2-3-5-17(16)14-18)25(30)26(31)28(23)20-11-9-19(27)10-12-20/h2-14,23,29H,1H3/b24-22-. The van der Waals surface area contributed by atoms with Crippen LogP contribution in [0.1, 0.15) is 23.1 Å². The summed E-state index contributed by atoms with van der Waals surface area (Å²) in [7, 11) is 0. The maximum Gasteiger partial charge on any atom is 0.300 e. The topological polar surface area (TPSA) is 70.8 Å². The minimum Gasteiger partial charge on any atom is -0.507 e. The van der Waals surface area contributed by atoms with E-state index in [1.165, 1.54) is 4.90 Å². The number of nitrogens with zero attached hydrogens (tertiary/aromatic N) is 1. The minimum atomic E-state index is -0.878. The van der Waals surface area contributed by atoms with Gasteiger partial charge >= 0.3 is 0 Å². The van der Waals surface area contributed by atoms with Crippen molar-refractivity contribution in [3.05, 3.63) is 106 Å². The second-order valence-electron chi connectivity index (χ2n) is 7.66. The number of benzene rings is 3. The molecule has 1 saturated heterocycles. The van der Waals surface area contributed by atoms with Gasteiger partial charge in [-0.2, -0.15) is 0 Å². The van der Waals surface area contributed by atoms with Crippen molar-refractivity contribution < 1.29 is 19.1 Å². The number of Topliss-reactive ketones (excluding diaryl/α,β-unsaturated/α-hetero) is 1. The van der Waals surface area contributed by atoms with Crippen molar-refractivity contribution in [2.75, 3.05) is 4.90 Å². The molecule has 1 aliphatic heterocycles. The van der Waals surface area contributed by atoms with E-state index in [2.05, 4.69) is 15.9 Å². The fourth-order valence-corrected chi connectivity index (χ4v) is 4.33. The van der Waals surface area contributed by atoms with E-state index in [-0.39, 0.29) is 11.3 Å². The van der Waals surface area contributed by atoms with E-state index < -0.39 is 17.7 Å². The first kappa shape index (κ1) is 20.3. The van der Waals surface area contributed by atoms with Gasteiger partial charge in [-0.15, -0.1) is 0 Å². The van der Waals surface area contributed by atoms with Crippen LogP contribution in [0.5, 0.6) is 0 Å². The van der Waals surface area contributed by atoms with Crippen molar-refractivity contribution in [1.29, 1.82) is 0 Å². The highest BCUT2D eigenvalue weighted by Crippen LogP contribution is 2.43. The van der Waals surface area contributed by atoms with E-state index in [9.17, 15) is 14.7 Å². The lowest BCUT2D eigenvalue weighted by atomic mass is 9.97. The predicted molar refractivity (Wildman–Crippen MR) is 126 cm³/mol. The van der Waals surface area contributed by atoms with Crippen LogP contribution in [0.3, 0.4) is 0 Å². The summed E-state index contributed by atoms with van der Waals surface area (Å²) in [5.74, 6) is -0.641. The third-order valence-corrected chi connectivity index (χ3v) is 6.13. The zero-order valence-electron chi connectivity index (χ0n) is 17.1. The Balaban J connectivity index is 1.72. The Morgan fingerprint density at radius 3 is 2.34 bits per heavy atom. The van der Waals surface area contributed by atoms with Crippen molar-refractivity contribution in [2.24, 2.45) is 0 Å². The summed E-state index contributed by atoms with van der Waals surface area (Å²) in [6.45, 7) is 1.79. The summed E-state index contributed by atoms with van der Waals surface area (Å²) < 4.78 is 6.67. The molecule has 0 saturated carbocycles. The van der Waals surface area contributed by atoms with Gasteiger partial charge in [-0.3, -0.25) is 14.5 Å². The van der Waals surface area contributed by atoms with E-state index in [4.69, 9.17) is 4.42 Å². The molecule has 3 aromatic carbocycles. The summed E-state index contributed by atoms with van der Waals surface area (Å²) in [5.41, 5.74) is 1.00. The molecule has 5 nitrogen and oxygen atoms in total. The van der Waals surface area contributed by atoms with Crippen LogP contribution in [0, 0.1) is 6.92 Å². The smallest absolute Gasteiger partial charge is 0.300 e. The van der Waals surface area contributed by atoms with E-state index in [1.54, 1.807) is 49.4 Å². The average molecular weight is 488 g/mol. The van der Waals surface area contributed by atoms with E-state index in [0.29, 0.717) is 22.8 Å². The van der Waals surface area contributed by atoms with Crippen molar-refractivity contribution >= 4 is 49.8 Å². The number of ketones is 1. The summed E-state index contributed by atoms with van der Waals surface area (Å²) >= 11 is 3.39. The SMILES string of the molecule is Cc1ccc(C2/C(=C(/O)c3ccc4ccccc4c3)C(=O)C(=O)N2c2ccc(Br)cc2)o1. The summed E-state index contributed by atoms with van der Waals surface area (Å²) in [6, 6.07) is 22.9. The van der Waals surface area contributed by atoms with Crippen LogP contribution in [0.4, 0.5) is 5.69 Å². The van der Waals surface area contributed by atoms with Gasteiger partial charge in [0.15, 0.2) is 0 Å². The molecule has 1 aromatic heterocycles. The molecular weight excluding hydrogens is 470 g/mol. The molecule has 1 aliphatic rings. The Morgan fingerprint density at radius 2 is 1.66 bits per heavy atom. The number of amides is 1. The molecule has 4 aromatic rings. The number of hydrogen-bond donors (Lipinski definition) is 1. The fraction of sp³-hybridized carbons (Fsp3) is 0.0769. The van der Waals surface area contributed by atoms with Crippen LogP contribution in [0.2, 0.25) is 0 Å². The highest BCUT2D eigenvalue weighted by Gasteiger charge is 2.48. The van der Waals surface area contributed by atoms with Crippen LogP contribution < -0.4 is 4.90 Å². The van der Waals surface area contributed by atoms with Gasteiger partial charge in [0.1, 0.15) is 23.3 Å². The molecule has 0 bridgehead atoms. The minimum absolute atomic E-state index is 0.00236. The average Bonchev–Trinajstić information content (AvgIpc) is 3.34. The highest BCUT2D eigenvalue weighted by atomic mass is 79.9.